The first-order chi connectivity index (χ1) is 16.3. The second kappa shape index (κ2) is 8.60. The Hall–Kier alpha value is -3.67. The first-order valence-corrected chi connectivity index (χ1v) is 10.6. The molecule has 12 heteroatoms. The smallest absolute Gasteiger partial charge is 0.419 e. The average Bonchev–Trinajstić information content (AvgIpc) is 2.82. The molecule has 0 atom stereocenters. The van der Waals surface area contributed by atoms with Gasteiger partial charge in [0.15, 0.2) is 0 Å². The Balaban J connectivity index is 1.54. The number of hydrogen-bond donors (Lipinski definition) is 1. The molecule has 34 heavy (non-hydrogen) atoms. The number of piperazine rings is 1. The number of nitrogens with zero attached hydrogens (tertiary/aromatic N) is 5. The molecule has 178 valence electrons. The molecule has 1 fully saturated rings. The summed E-state index contributed by atoms with van der Waals surface area (Å²) in [5, 5.41) is 3.66. The van der Waals surface area contributed by atoms with E-state index in [1.54, 1.807) is 17.0 Å². The van der Waals surface area contributed by atoms with Gasteiger partial charge in [-0.3, -0.25) is 14.6 Å². The van der Waals surface area contributed by atoms with Crippen LogP contribution >= 0.6 is 0 Å². The molecule has 0 radical (unpaired) electrons. The summed E-state index contributed by atoms with van der Waals surface area (Å²) in [6, 6.07) is 5.64. The Kier molecular flexibility index (Phi) is 5.60. The molecule has 1 amide bonds. The summed E-state index contributed by atoms with van der Waals surface area (Å²) in [7, 11) is 1.87. The third kappa shape index (κ3) is 4.28. The number of carbonyl (C=O) groups is 1. The van der Waals surface area contributed by atoms with E-state index in [1.165, 1.54) is 12.3 Å². The van der Waals surface area contributed by atoms with Gasteiger partial charge in [-0.15, -0.1) is 0 Å². The van der Waals surface area contributed by atoms with Crippen molar-refractivity contribution in [1.82, 2.24) is 19.9 Å². The Bertz CT molecular complexity index is 1250. The van der Waals surface area contributed by atoms with Crippen molar-refractivity contribution in [2.24, 2.45) is 0 Å². The van der Waals surface area contributed by atoms with Crippen molar-refractivity contribution in [2.75, 3.05) is 50.1 Å². The fourth-order valence-corrected chi connectivity index (χ4v) is 3.95. The lowest BCUT2D eigenvalue weighted by atomic mass is 10.1. The lowest BCUT2D eigenvalue weighted by Gasteiger charge is -2.31. The Labute approximate surface area is 192 Å². The van der Waals surface area contributed by atoms with Gasteiger partial charge in [0.25, 0.3) is 0 Å². The molecular weight excluding hydrogens is 453 g/mol. The van der Waals surface area contributed by atoms with Crippen LogP contribution in [0.2, 0.25) is 0 Å². The van der Waals surface area contributed by atoms with Crippen molar-refractivity contribution in [3.63, 3.8) is 0 Å². The normalized spacial score (nSPS) is 17.3. The number of alkyl halides is 3. The van der Waals surface area contributed by atoms with Crippen molar-refractivity contribution >= 4 is 28.4 Å². The minimum Gasteiger partial charge on any atom is -0.489 e. The lowest BCUT2D eigenvalue weighted by molar-refractivity contribution is -0.139. The zero-order chi connectivity index (χ0) is 23.9. The van der Waals surface area contributed by atoms with E-state index in [9.17, 15) is 18.0 Å². The second-order valence-corrected chi connectivity index (χ2v) is 8.04. The standard InChI is InChI=1S/C22H21F3N6O3/c1-30-5-6-31(18(32)12-30)17-9-14-16(11-26-17)28-21-29-20(14)27-10-13-3-2-4-15(22(23,24)25)19(13)33-7-8-34-21/h2-4,9,11H,5-8,10,12H2,1H3,(H,27,28,29). The summed E-state index contributed by atoms with van der Waals surface area (Å²) in [6.45, 7) is 1.35. The van der Waals surface area contributed by atoms with E-state index in [0.717, 1.165) is 6.07 Å². The van der Waals surface area contributed by atoms with Gasteiger partial charge in [-0.25, -0.2) is 4.98 Å². The van der Waals surface area contributed by atoms with Gasteiger partial charge in [-0.2, -0.15) is 23.1 Å². The first kappa shape index (κ1) is 22.1. The zero-order valence-electron chi connectivity index (χ0n) is 18.2. The maximum Gasteiger partial charge on any atom is 0.419 e. The number of hydrogen-bond acceptors (Lipinski definition) is 8. The number of amides is 1. The Morgan fingerprint density at radius 1 is 1.12 bits per heavy atom. The number of likely N-dealkylation sites (N-methyl/N-ethyl adjacent to an activating group) is 1. The number of halogens is 3. The van der Waals surface area contributed by atoms with E-state index in [2.05, 4.69) is 20.3 Å². The molecule has 3 aromatic rings. The number of aromatic nitrogens is 3. The van der Waals surface area contributed by atoms with E-state index < -0.39 is 11.7 Å². The fourth-order valence-electron chi connectivity index (χ4n) is 3.95. The van der Waals surface area contributed by atoms with Crippen LogP contribution in [0.15, 0.2) is 30.5 Å². The van der Waals surface area contributed by atoms with Crippen LogP contribution in [0.3, 0.4) is 0 Å². The largest absolute Gasteiger partial charge is 0.489 e. The predicted octanol–water partition coefficient (Wildman–Crippen LogP) is 2.71. The van der Waals surface area contributed by atoms with Crippen LogP contribution in [0.1, 0.15) is 11.1 Å². The van der Waals surface area contributed by atoms with Crippen molar-refractivity contribution in [2.45, 2.75) is 12.7 Å². The van der Waals surface area contributed by atoms with Gasteiger partial charge < -0.3 is 14.8 Å². The van der Waals surface area contributed by atoms with Crippen molar-refractivity contribution in [1.29, 1.82) is 0 Å². The predicted molar refractivity (Wildman–Crippen MR) is 117 cm³/mol. The number of fused-ring (bicyclic) bond motifs is 5. The molecule has 2 aromatic heterocycles. The molecule has 9 nitrogen and oxygen atoms in total. The van der Waals surface area contributed by atoms with Gasteiger partial charge in [0.2, 0.25) is 5.91 Å². The Morgan fingerprint density at radius 2 is 1.94 bits per heavy atom. The summed E-state index contributed by atoms with van der Waals surface area (Å²) in [5.41, 5.74) is -0.0513. The maximum atomic E-state index is 13.5. The van der Waals surface area contributed by atoms with Gasteiger partial charge in [-0.1, -0.05) is 12.1 Å². The SMILES string of the molecule is CN1CCN(c2cc3c4nc(nc3cn2)OCCOc2c(cccc2C(F)(F)F)CN4)C(=O)C1. The zero-order valence-corrected chi connectivity index (χ0v) is 18.2. The molecule has 2 aliphatic heterocycles. The molecule has 1 saturated heterocycles. The second-order valence-electron chi connectivity index (χ2n) is 8.04. The topological polar surface area (TPSA) is 92.7 Å². The highest BCUT2D eigenvalue weighted by atomic mass is 19.4. The molecule has 4 heterocycles. The molecule has 2 aliphatic rings. The monoisotopic (exact) mass is 474 g/mol. The van der Waals surface area contributed by atoms with Crippen molar-refractivity contribution < 1.29 is 27.4 Å². The minimum atomic E-state index is -4.56. The third-order valence-electron chi connectivity index (χ3n) is 5.64. The van der Waals surface area contributed by atoms with E-state index in [-0.39, 0.29) is 44.0 Å². The highest BCUT2D eigenvalue weighted by Gasteiger charge is 2.35. The highest BCUT2D eigenvalue weighted by molar-refractivity contribution is 5.98. The first-order valence-electron chi connectivity index (χ1n) is 10.6. The van der Waals surface area contributed by atoms with Crippen LogP contribution < -0.4 is 19.7 Å². The summed E-state index contributed by atoms with van der Waals surface area (Å²) >= 11 is 0. The van der Waals surface area contributed by atoms with Gasteiger partial charge in [0, 0.05) is 30.6 Å². The molecule has 0 aliphatic carbocycles. The van der Waals surface area contributed by atoms with Crippen LogP contribution in [0.25, 0.3) is 10.9 Å². The number of pyridine rings is 1. The molecule has 0 unspecified atom stereocenters. The minimum absolute atomic E-state index is 0.0237. The molecular formula is C22H21F3N6O3. The Morgan fingerprint density at radius 3 is 2.74 bits per heavy atom. The van der Waals surface area contributed by atoms with E-state index >= 15 is 0 Å². The summed E-state index contributed by atoms with van der Waals surface area (Å²) in [5.74, 6) is 0.491. The summed E-state index contributed by atoms with van der Waals surface area (Å²) < 4.78 is 51.6. The van der Waals surface area contributed by atoms with Crippen molar-refractivity contribution in [3.8, 4) is 11.8 Å². The quantitative estimate of drug-likeness (QED) is 0.576. The number of ether oxygens (including phenoxy) is 2. The van der Waals surface area contributed by atoms with E-state index in [1.807, 2.05) is 11.9 Å². The maximum absolute atomic E-state index is 13.5. The molecule has 1 aromatic carbocycles. The number of anilines is 2. The summed E-state index contributed by atoms with van der Waals surface area (Å²) in [4.78, 5) is 29.2. The number of carbonyl (C=O) groups excluding carboxylic acids is 1. The molecule has 0 saturated carbocycles. The lowest BCUT2D eigenvalue weighted by Crippen LogP contribution is -2.49. The van der Waals surface area contributed by atoms with Crippen LogP contribution in [0.5, 0.6) is 11.8 Å². The van der Waals surface area contributed by atoms with Gasteiger partial charge in [0.05, 0.1) is 23.8 Å². The molecule has 1 N–H and O–H groups in total. The van der Waals surface area contributed by atoms with Gasteiger partial charge >= 0.3 is 12.2 Å². The highest BCUT2D eigenvalue weighted by Crippen LogP contribution is 2.39. The summed E-state index contributed by atoms with van der Waals surface area (Å²) in [6.07, 6.45) is -3.03. The number of benzene rings is 1. The third-order valence-corrected chi connectivity index (χ3v) is 5.64. The molecule has 5 rings (SSSR count). The van der Waals surface area contributed by atoms with Gasteiger partial charge in [0.1, 0.15) is 30.6 Å². The number of para-hydroxylation sites is 1. The van der Waals surface area contributed by atoms with Crippen LogP contribution in [0.4, 0.5) is 24.8 Å². The van der Waals surface area contributed by atoms with E-state index in [4.69, 9.17) is 9.47 Å². The van der Waals surface area contributed by atoms with E-state index in [0.29, 0.717) is 41.2 Å². The number of nitrogens with one attached hydrogen (secondary N) is 1. The van der Waals surface area contributed by atoms with Crippen LogP contribution in [-0.4, -0.2) is 65.7 Å². The fraction of sp³-hybridized carbons (Fsp3) is 0.364. The molecule has 2 bridgehead atoms. The van der Waals surface area contributed by atoms with Gasteiger partial charge in [-0.05, 0) is 19.2 Å². The van der Waals surface area contributed by atoms with Crippen LogP contribution in [0, 0.1) is 0 Å². The number of rotatable bonds is 1. The van der Waals surface area contributed by atoms with Crippen molar-refractivity contribution in [3.05, 3.63) is 41.6 Å². The van der Waals surface area contributed by atoms with Crippen LogP contribution in [-0.2, 0) is 17.5 Å². The average molecular weight is 474 g/mol. The molecule has 0 spiro atoms.